The van der Waals surface area contributed by atoms with Crippen LogP contribution in [0.3, 0.4) is 0 Å². The lowest BCUT2D eigenvalue weighted by Gasteiger charge is -2.31. The topological polar surface area (TPSA) is 74.0 Å². The summed E-state index contributed by atoms with van der Waals surface area (Å²) in [4.78, 5) is 14.8. The molecule has 0 unspecified atom stereocenters. The number of amides is 1. The van der Waals surface area contributed by atoms with Crippen molar-refractivity contribution in [1.29, 1.82) is 5.26 Å². The zero-order valence-electron chi connectivity index (χ0n) is 16.2. The Morgan fingerprint density at radius 2 is 1.72 bits per heavy atom. The summed E-state index contributed by atoms with van der Waals surface area (Å²) in [5.74, 6) is 0.848. The summed E-state index contributed by atoms with van der Waals surface area (Å²) in [5.41, 5.74) is 2.53. The van der Waals surface area contributed by atoms with Crippen LogP contribution in [0.1, 0.15) is 29.9 Å². The minimum absolute atomic E-state index is 0.127. The van der Waals surface area contributed by atoms with Gasteiger partial charge in [-0.25, -0.2) is 4.68 Å². The van der Waals surface area contributed by atoms with Crippen LogP contribution in [-0.2, 0) is 4.79 Å². The van der Waals surface area contributed by atoms with Crippen molar-refractivity contribution in [2.24, 2.45) is 0 Å². The van der Waals surface area contributed by atoms with Crippen LogP contribution in [0.2, 0.25) is 0 Å². The molecule has 1 fully saturated rings. The first kappa shape index (κ1) is 18.9. The minimum Gasteiger partial charge on any atom is -0.308 e. The predicted molar refractivity (Wildman–Crippen MR) is 112 cm³/mol. The van der Waals surface area contributed by atoms with Crippen molar-refractivity contribution in [3.05, 3.63) is 78.0 Å². The number of hydrogen-bond donors (Lipinski definition) is 1. The number of rotatable bonds is 5. The second-order valence-corrected chi connectivity index (χ2v) is 7.28. The van der Waals surface area contributed by atoms with Crippen LogP contribution in [0.15, 0.2) is 66.9 Å². The molecule has 3 aromatic rings. The number of benzene rings is 2. The molecular weight excluding hydrogens is 362 g/mol. The molecule has 0 spiro atoms. The summed E-state index contributed by atoms with van der Waals surface area (Å²) < 4.78 is 1.60. The highest BCUT2D eigenvalue weighted by Crippen LogP contribution is 2.27. The fourth-order valence-corrected chi connectivity index (χ4v) is 3.84. The molecule has 0 atom stereocenters. The van der Waals surface area contributed by atoms with E-state index in [4.69, 9.17) is 0 Å². The van der Waals surface area contributed by atoms with E-state index in [1.165, 1.54) is 11.8 Å². The second kappa shape index (κ2) is 8.72. The SMILES string of the molecule is N#Cc1cnn(-c2ccccc2)c1NC(=O)CN1CCC(c2ccccc2)CC1. The van der Waals surface area contributed by atoms with Gasteiger partial charge in [0.05, 0.1) is 18.4 Å². The number of nitrogens with zero attached hydrogens (tertiary/aromatic N) is 4. The first-order valence-corrected chi connectivity index (χ1v) is 9.85. The maximum Gasteiger partial charge on any atom is 0.239 e. The van der Waals surface area contributed by atoms with Gasteiger partial charge in [-0.3, -0.25) is 9.69 Å². The molecule has 1 aliphatic rings. The summed E-state index contributed by atoms with van der Waals surface area (Å²) in [5, 5.41) is 16.5. The van der Waals surface area contributed by atoms with Crippen molar-refractivity contribution in [2.75, 3.05) is 25.0 Å². The number of carbonyl (C=O) groups is 1. The van der Waals surface area contributed by atoms with E-state index in [2.05, 4.69) is 45.7 Å². The summed E-state index contributed by atoms with van der Waals surface area (Å²) >= 11 is 0. The Bertz CT molecular complexity index is 999. The molecule has 6 heteroatoms. The summed E-state index contributed by atoms with van der Waals surface area (Å²) in [6, 6.07) is 22.1. The molecule has 2 aromatic carbocycles. The first-order valence-electron chi connectivity index (χ1n) is 9.85. The van der Waals surface area contributed by atoms with E-state index >= 15 is 0 Å². The van der Waals surface area contributed by atoms with E-state index in [-0.39, 0.29) is 5.91 Å². The molecule has 146 valence electrons. The lowest BCUT2D eigenvalue weighted by Crippen LogP contribution is -2.39. The fourth-order valence-electron chi connectivity index (χ4n) is 3.84. The van der Waals surface area contributed by atoms with Crippen LogP contribution < -0.4 is 5.32 Å². The Hall–Kier alpha value is -3.43. The molecule has 1 aliphatic heterocycles. The minimum atomic E-state index is -0.127. The number of nitriles is 1. The number of aromatic nitrogens is 2. The van der Waals surface area contributed by atoms with Crippen LogP contribution >= 0.6 is 0 Å². The zero-order valence-corrected chi connectivity index (χ0v) is 16.2. The molecular formula is C23H23N5O. The smallest absolute Gasteiger partial charge is 0.239 e. The molecule has 2 heterocycles. The van der Waals surface area contributed by atoms with Gasteiger partial charge < -0.3 is 5.32 Å². The number of likely N-dealkylation sites (tertiary alicyclic amines) is 1. The van der Waals surface area contributed by atoms with Crippen LogP contribution in [0, 0.1) is 11.3 Å². The van der Waals surface area contributed by atoms with Crippen molar-refractivity contribution in [2.45, 2.75) is 18.8 Å². The molecule has 1 amide bonds. The van der Waals surface area contributed by atoms with E-state index in [1.807, 2.05) is 36.4 Å². The first-order chi connectivity index (χ1) is 14.2. The monoisotopic (exact) mass is 385 g/mol. The maximum absolute atomic E-state index is 12.7. The molecule has 6 nitrogen and oxygen atoms in total. The highest BCUT2D eigenvalue weighted by molar-refractivity contribution is 5.93. The van der Waals surface area contributed by atoms with Crippen molar-refractivity contribution in [1.82, 2.24) is 14.7 Å². The summed E-state index contributed by atoms with van der Waals surface area (Å²) in [7, 11) is 0. The second-order valence-electron chi connectivity index (χ2n) is 7.28. The molecule has 4 rings (SSSR count). The maximum atomic E-state index is 12.7. The van der Waals surface area contributed by atoms with Gasteiger partial charge in [-0.2, -0.15) is 10.4 Å². The van der Waals surface area contributed by atoms with Gasteiger partial charge in [0, 0.05) is 0 Å². The van der Waals surface area contributed by atoms with Crippen molar-refractivity contribution in [3.8, 4) is 11.8 Å². The largest absolute Gasteiger partial charge is 0.308 e. The Morgan fingerprint density at radius 1 is 1.07 bits per heavy atom. The normalized spacial score (nSPS) is 15.0. The fraction of sp³-hybridized carbons (Fsp3) is 0.261. The van der Waals surface area contributed by atoms with Crippen molar-refractivity contribution >= 4 is 11.7 Å². The van der Waals surface area contributed by atoms with Gasteiger partial charge in [0.2, 0.25) is 5.91 Å². The van der Waals surface area contributed by atoms with Gasteiger partial charge in [-0.05, 0) is 49.5 Å². The Kier molecular flexibility index (Phi) is 5.68. The van der Waals surface area contributed by atoms with E-state index in [1.54, 1.807) is 4.68 Å². The number of carbonyl (C=O) groups excluding carboxylic acids is 1. The molecule has 0 aliphatic carbocycles. The van der Waals surface area contributed by atoms with Gasteiger partial charge >= 0.3 is 0 Å². The van der Waals surface area contributed by atoms with Crippen LogP contribution in [0.5, 0.6) is 0 Å². The van der Waals surface area contributed by atoms with E-state index in [9.17, 15) is 10.1 Å². The Labute approximate surface area is 170 Å². The molecule has 1 saturated heterocycles. The standard InChI is InChI=1S/C23H23N5O/c24-15-20-16-25-28(21-9-5-2-6-10-21)23(20)26-22(29)17-27-13-11-19(12-14-27)18-7-3-1-4-8-18/h1-10,16,19H,11-14,17H2,(H,26,29). The highest BCUT2D eigenvalue weighted by Gasteiger charge is 2.23. The number of anilines is 1. The average molecular weight is 385 g/mol. The van der Waals surface area contributed by atoms with Crippen LogP contribution in [-0.4, -0.2) is 40.2 Å². The number of para-hydroxylation sites is 1. The average Bonchev–Trinajstić information content (AvgIpc) is 3.18. The lowest BCUT2D eigenvalue weighted by atomic mass is 9.89. The molecule has 1 aromatic heterocycles. The third-order valence-electron chi connectivity index (χ3n) is 5.37. The quantitative estimate of drug-likeness (QED) is 0.729. The van der Waals surface area contributed by atoms with Crippen LogP contribution in [0.4, 0.5) is 5.82 Å². The van der Waals surface area contributed by atoms with E-state index < -0.39 is 0 Å². The van der Waals surface area contributed by atoms with Gasteiger partial charge in [0.25, 0.3) is 0 Å². The Balaban J connectivity index is 1.39. The van der Waals surface area contributed by atoms with Crippen molar-refractivity contribution < 1.29 is 4.79 Å². The van der Waals surface area contributed by atoms with Gasteiger partial charge in [0.1, 0.15) is 11.6 Å². The van der Waals surface area contributed by atoms with Crippen molar-refractivity contribution in [3.63, 3.8) is 0 Å². The number of nitrogens with one attached hydrogen (secondary N) is 1. The number of piperidine rings is 1. The third kappa shape index (κ3) is 4.36. The molecule has 29 heavy (non-hydrogen) atoms. The molecule has 1 N–H and O–H groups in total. The van der Waals surface area contributed by atoms with Gasteiger partial charge in [0.15, 0.2) is 5.82 Å². The Morgan fingerprint density at radius 3 is 2.38 bits per heavy atom. The summed E-state index contributed by atoms with van der Waals surface area (Å²) in [6.45, 7) is 2.08. The van der Waals surface area contributed by atoms with Crippen LogP contribution in [0.25, 0.3) is 5.69 Å². The zero-order chi connectivity index (χ0) is 20.1. The predicted octanol–water partition coefficient (Wildman–Crippen LogP) is 3.56. The van der Waals surface area contributed by atoms with E-state index in [0.29, 0.717) is 23.8 Å². The molecule has 0 radical (unpaired) electrons. The molecule has 0 bridgehead atoms. The summed E-state index contributed by atoms with van der Waals surface area (Å²) in [6.07, 6.45) is 3.57. The lowest BCUT2D eigenvalue weighted by molar-refractivity contribution is -0.117. The molecule has 0 saturated carbocycles. The van der Waals surface area contributed by atoms with Gasteiger partial charge in [-0.15, -0.1) is 0 Å². The number of hydrogen-bond acceptors (Lipinski definition) is 4. The van der Waals surface area contributed by atoms with E-state index in [0.717, 1.165) is 31.6 Å². The van der Waals surface area contributed by atoms with Gasteiger partial charge in [-0.1, -0.05) is 48.5 Å². The highest BCUT2D eigenvalue weighted by atomic mass is 16.2. The third-order valence-corrected chi connectivity index (χ3v) is 5.37.